The largest absolute Gasteiger partial charge is 0.390 e. The van der Waals surface area contributed by atoms with Crippen LogP contribution in [0.3, 0.4) is 0 Å². The van der Waals surface area contributed by atoms with E-state index >= 15 is 0 Å². The Kier molecular flexibility index (Phi) is 4.90. The highest BCUT2D eigenvalue weighted by molar-refractivity contribution is 5.57. The standard InChI is InChI=1S/C14H21F3N4/c1-3-7-18-11-9(2)12(19-8-6-14(15,16)17)21-13(20-11)10-4-5-10/h10H,3-8H2,1-2H3,(H2,18,19,20,21). The number of hydrogen-bond donors (Lipinski definition) is 2. The van der Waals surface area contributed by atoms with E-state index in [2.05, 4.69) is 20.6 Å². The van der Waals surface area contributed by atoms with Crippen LogP contribution in [-0.4, -0.2) is 29.2 Å². The van der Waals surface area contributed by atoms with Gasteiger partial charge in [0.1, 0.15) is 17.5 Å². The molecule has 1 aliphatic rings. The van der Waals surface area contributed by atoms with Crippen molar-refractivity contribution in [3.63, 3.8) is 0 Å². The number of hydrogen-bond acceptors (Lipinski definition) is 4. The second-order valence-corrected chi connectivity index (χ2v) is 5.40. The van der Waals surface area contributed by atoms with Crippen LogP contribution in [-0.2, 0) is 0 Å². The van der Waals surface area contributed by atoms with E-state index in [0.29, 0.717) is 11.7 Å². The van der Waals surface area contributed by atoms with Gasteiger partial charge in [-0.25, -0.2) is 9.97 Å². The molecule has 0 saturated heterocycles. The summed E-state index contributed by atoms with van der Waals surface area (Å²) in [5, 5.41) is 6.02. The Morgan fingerprint density at radius 2 is 1.67 bits per heavy atom. The van der Waals surface area contributed by atoms with E-state index in [1.54, 1.807) is 0 Å². The monoisotopic (exact) mass is 302 g/mol. The van der Waals surface area contributed by atoms with E-state index in [0.717, 1.165) is 43.0 Å². The molecule has 0 atom stereocenters. The Bertz CT molecular complexity index is 484. The molecule has 0 bridgehead atoms. The average molecular weight is 302 g/mol. The molecule has 7 heteroatoms. The van der Waals surface area contributed by atoms with Crippen molar-refractivity contribution in [2.45, 2.75) is 51.6 Å². The van der Waals surface area contributed by atoms with Crippen LogP contribution in [0.1, 0.15) is 49.9 Å². The minimum absolute atomic E-state index is 0.168. The predicted octanol–water partition coefficient (Wildman–Crippen LogP) is 3.85. The molecule has 21 heavy (non-hydrogen) atoms. The third-order valence-corrected chi connectivity index (χ3v) is 3.35. The Morgan fingerprint density at radius 1 is 1.10 bits per heavy atom. The van der Waals surface area contributed by atoms with E-state index in [9.17, 15) is 13.2 Å². The SMILES string of the molecule is CCCNc1nc(C2CC2)nc(NCCC(F)(F)F)c1C. The second-order valence-electron chi connectivity index (χ2n) is 5.40. The van der Waals surface area contributed by atoms with E-state index in [1.165, 1.54) is 0 Å². The van der Waals surface area contributed by atoms with Crippen LogP contribution in [0.4, 0.5) is 24.8 Å². The Morgan fingerprint density at radius 3 is 2.14 bits per heavy atom. The van der Waals surface area contributed by atoms with Gasteiger partial charge in [0, 0.05) is 24.6 Å². The summed E-state index contributed by atoms with van der Waals surface area (Å²) < 4.78 is 36.7. The van der Waals surface area contributed by atoms with Crippen LogP contribution in [0.2, 0.25) is 0 Å². The number of halogens is 3. The lowest BCUT2D eigenvalue weighted by Gasteiger charge is -2.15. The van der Waals surface area contributed by atoms with E-state index in [4.69, 9.17) is 0 Å². The maximum Gasteiger partial charge on any atom is 0.390 e. The first-order valence-electron chi connectivity index (χ1n) is 7.33. The van der Waals surface area contributed by atoms with Gasteiger partial charge in [0.2, 0.25) is 0 Å². The fraction of sp³-hybridized carbons (Fsp3) is 0.714. The van der Waals surface area contributed by atoms with Gasteiger partial charge in [-0.15, -0.1) is 0 Å². The quantitative estimate of drug-likeness (QED) is 0.803. The van der Waals surface area contributed by atoms with Gasteiger partial charge >= 0.3 is 6.18 Å². The zero-order valence-electron chi connectivity index (χ0n) is 12.3. The lowest BCUT2D eigenvalue weighted by Crippen LogP contribution is -2.17. The molecule has 2 rings (SSSR count). The molecule has 0 radical (unpaired) electrons. The predicted molar refractivity (Wildman–Crippen MR) is 76.7 cm³/mol. The topological polar surface area (TPSA) is 49.8 Å². The van der Waals surface area contributed by atoms with Gasteiger partial charge in [-0.05, 0) is 26.2 Å². The van der Waals surface area contributed by atoms with Gasteiger partial charge in [-0.1, -0.05) is 6.92 Å². The summed E-state index contributed by atoms with van der Waals surface area (Å²) in [6.07, 6.45) is -1.96. The summed E-state index contributed by atoms with van der Waals surface area (Å²) in [4.78, 5) is 8.90. The van der Waals surface area contributed by atoms with Gasteiger partial charge in [-0.3, -0.25) is 0 Å². The Balaban J connectivity index is 2.11. The van der Waals surface area contributed by atoms with Crippen LogP contribution in [0.5, 0.6) is 0 Å². The summed E-state index contributed by atoms with van der Waals surface area (Å²) in [5.41, 5.74) is 0.773. The third kappa shape index (κ3) is 4.75. The molecular formula is C14H21F3N4. The van der Waals surface area contributed by atoms with Crippen molar-refractivity contribution in [3.05, 3.63) is 11.4 Å². The van der Waals surface area contributed by atoms with Crippen molar-refractivity contribution in [1.29, 1.82) is 0 Å². The van der Waals surface area contributed by atoms with Gasteiger partial charge in [-0.2, -0.15) is 13.2 Å². The zero-order chi connectivity index (χ0) is 15.5. The number of aromatic nitrogens is 2. The highest BCUT2D eigenvalue weighted by Crippen LogP contribution is 2.39. The summed E-state index contributed by atoms with van der Waals surface area (Å²) in [7, 11) is 0. The average Bonchev–Trinajstić information content (AvgIpc) is 3.22. The van der Waals surface area contributed by atoms with Crippen LogP contribution < -0.4 is 10.6 Å². The summed E-state index contributed by atoms with van der Waals surface area (Å²) in [6, 6.07) is 0. The fourth-order valence-electron chi connectivity index (χ4n) is 1.97. The van der Waals surface area contributed by atoms with Crippen molar-refractivity contribution in [2.75, 3.05) is 23.7 Å². The fourth-order valence-corrected chi connectivity index (χ4v) is 1.97. The lowest BCUT2D eigenvalue weighted by molar-refractivity contribution is -0.131. The van der Waals surface area contributed by atoms with E-state index in [-0.39, 0.29) is 6.54 Å². The molecule has 1 heterocycles. The smallest absolute Gasteiger partial charge is 0.370 e. The lowest BCUT2D eigenvalue weighted by atomic mass is 10.2. The number of nitrogens with zero attached hydrogens (tertiary/aromatic N) is 2. The summed E-state index contributed by atoms with van der Waals surface area (Å²) in [5.74, 6) is 2.32. The number of rotatable bonds is 7. The van der Waals surface area contributed by atoms with E-state index < -0.39 is 12.6 Å². The van der Waals surface area contributed by atoms with Crippen LogP contribution in [0.25, 0.3) is 0 Å². The highest BCUT2D eigenvalue weighted by Gasteiger charge is 2.29. The first-order valence-corrected chi connectivity index (χ1v) is 7.33. The first-order chi connectivity index (χ1) is 9.90. The number of anilines is 2. The second kappa shape index (κ2) is 6.49. The molecule has 0 spiro atoms. The molecule has 0 unspecified atom stereocenters. The van der Waals surface area contributed by atoms with Crippen molar-refractivity contribution >= 4 is 11.6 Å². The first kappa shape index (κ1) is 15.9. The zero-order valence-corrected chi connectivity index (χ0v) is 12.3. The number of alkyl halides is 3. The minimum atomic E-state index is -4.16. The van der Waals surface area contributed by atoms with Gasteiger partial charge in [0.05, 0.1) is 6.42 Å². The van der Waals surface area contributed by atoms with Crippen molar-refractivity contribution in [3.8, 4) is 0 Å². The van der Waals surface area contributed by atoms with Gasteiger partial charge < -0.3 is 10.6 Å². The normalized spacial score (nSPS) is 15.1. The molecule has 2 N–H and O–H groups in total. The Hall–Kier alpha value is -1.53. The molecule has 118 valence electrons. The van der Waals surface area contributed by atoms with Crippen molar-refractivity contribution < 1.29 is 13.2 Å². The van der Waals surface area contributed by atoms with Crippen LogP contribution in [0.15, 0.2) is 0 Å². The molecule has 1 fully saturated rings. The maximum absolute atomic E-state index is 12.2. The van der Waals surface area contributed by atoms with Crippen LogP contribution >= 0.6 is 0 Å². The van der Waals surface area contributed by atoms with Crippen molar-refractivity contribution in [2.24, 2.45) is 0 Å². The number of nitrogens with one attached hydrogen (secondary N) is 2. The van der Waals surface area contributed by atoms with Crippen molar-refractivity contribution in [1.82, 2.24) is 9.97 Å². The molecule has 0 aliphatic heterocycles. The molecular weight excluding hydrogens is 281 g/mol. The molecule has 4 nitrogen and oxygen atoms in total. The van der Waals surface area contributed by atoms with Gasteiger partial charge in [0.25, 0.3) is 0 Å². The third-order valence-electron chi connectivity index (χ3n) is 3.35. The Labute approximate surface area is 122 Å². The van der Waals surface area contributed by atoms with Crippen LogP contribution in [0, 0.1) is 6.92 Å². The summed E-state index contributed by atoms with van der Waals surface area (Å²) in [6.45, 7) is 4.49. The molecule has 0 aromatic carbocycles. The molecule has 1 aromatic heterocycles. The molecule has 1 saturated carbocycles. The molecule has 1 aliphatic carbocycles. The highest BCUT2D eigenvalue weighted by atomic mass is 19.4. The minimum Gasteiger partial charge on any atom is -0.370 e. The summed E-state index contributed by atoms with van der Waals surface area (Å²) >= 11 is 0. The van der Waals surface area contributed by atoms with E-state index in [1.807, 2.05) is 13.8 Å². The molecule has 1 aromatic rings. The maximum atomic E-state index is 12.2. The van der Waals surface area contributed by atoms with Gasteiger partial charge in [0.15, 0.2) is 0 Å². The molecule has 0 amide bonds.